The highest BCUT2D eigenvalue weighted by molar-refractivity contribution is 9.11. The lowest BCUT2D eigenvalue weighted by molar-refractivity contribution is 0.0987. The van der Waals surface area contributed by atoms with Crippen LogP contribution in [-0.4, -0.2) is 55.3 Å². The summed E-state index contributed by atoms with van der Waals surface area (Å²) in [5.74, 6) is 0.914. The van der Waals surface area contributed by atoms with E-state index in [9.17, 15) is 0 Å². The molecule has 6 nitrogen and oxygen atoms in total. The van der Waals surface area contributed by atoms with Gasteiger partial charge in [0, 0.05) is 62.1 Å². The third kappa shape index (κ3) is 4.44. The third-order valence-electron chi connectivity index (χ3n) is 4.98. The van der Waals surface area contributed by atoms with Crippen molar-refractivity contribution in [3.8, 4) is 11.4 Å². The molecular formula is C19H23BrN6S2. The molecule has 4 heterocycles. The Bertz CT molecular complexity index is 972. The van der Waals surface area contributed by atoms with Crippen LogP contribution in [0.3, 0.4) is 0 Å². The van der Waals surface area contributed by atoms with Gasteiger partial charge in [0.05, 0.1) is 10.5 Å². The van der Waals surface area contributed by atoms with Crippen molar-refractivity contribution in [1.29, 1.82) is 0 Å². The lowest BCUT2D eigenvalue weighted by Crippen LogP contribution is -2.46. The predicted molar refractivity (Wildman–Crippen MR) is 119 cm³/mol. The second-order valence-electron chi connectivity index (χ2n) is 6.83. The number of aromatic nitrogens is 4. The molecule has 0 atom stereocenters. The first-order chi connectivity index (χ1) is 13.6. The number of hydrogen-bond acceptors (Lipinski definition) is 6. The van der Waals surface area contributed by atoms with Crippen LogP contribution in [0.25, 0.3) is 11.4 Å². The maximum atomic E-state index is 5.70. The minimum absolute atomic E-state index is 0.738. The molecule has 1 fully saturated rings. The molecule has 3 aromatic heterocycles. The molecule has 3 aromatic rings. The van der Waals surface area contributed by atoms with Crippen LogP contribution < -0.4 is 0 Å². The van der Waals surface area contributed by atoms with E-state index in [-0.39, 0.29) is 0 Å². The highest BCUT2D eigenvalue weighted by Gasteiger charge is 2.19. The van der Waals surface area contributed by atoms with Crippen LogP contribution in [0.1, 0.15) is 11.8 Å². The van der Waals surface area contributed by atoms with Crippen molar-refractivity contribution in [2.75, 3.05) is 26.2 Å². The van der Waals surface area contributed by atoms with E-state index >= 15 is 0 Å². The Morgan fingerprint density at radius 3 is 2.43 bits per heavy atom. The smallest absolute Gasteiger partial charge is 0.199 e. The number of halogens is 1. The molecular weight excluding hydrogens is 456 g/mol. The predicted octanol–water partition coefficient (Wildman–Crippen LogP) is 4.10. The lowest BCUT2D eigenvalue weighted by Gasteiger charge is -2.34. The van der Waals surface area contributed by atoms with Gasteiger partial charge in [-0.25, -0.2) is 4.68 Å². The molecule has 0 radical (unpaired) electrons. The first kappa shape index (κ1) is 19.9. The van der Waals surface area contributed by atoms with Gasteiger partial charge in [-0.1, -0.05) is 0 Å². The molecule has 0 aliphatic carbocycles. The minimum Gasteiger partial charge on any atom is -0.300 e. The quantitative estimate of drug-likeness (QED) is 0.499. The maximum Gasteiger partial charge on any atom is 0.199 e. The van der Waals surface area contributed by atoms with Gasteiger partial charge in [-0.05, 0) is 59.3 Å². The Balaban J connectivity index is 1.41. The monoisotopic (exact) mass is 478 g/mol. The summed E-state index contributed by atoms with van der Waals surface area (Å²) in [5.41, 5.74) is 1.05. The highest BCUT2D eigenvalue weighted by Crippen LogP contribution is 2.24. The SMILES string of the molecule is CCn1c(-c2ccncc2)nn(CN2CCN(Cc3ccc(Br)s3)CC2)c1=S. The van der Waals surface area contributed by atoms with Crippen LogP contribution in [0.15, 0.2) is 40.4 Å². The summed E-state index contributed by atoms with van der Waals surface area (Å²) in [6.45, 7) is 8.86. The van der Waals surface area contributed by atoms with E-state index in [1.807, 2.05) is 28.2 Å². The molecule has 0 amide bonds. The minimum atomic E-state index is 0.738. The number of pyridine rings is 1. The number of hydrogen-bond donors (Lipinski definition) is 0. The highest BCUT2D eigenvalue weighted by atomic mass is 79.9. The first-order valence-electron chi connectivity index (χ1n) is 9.41. The Labute approximate surface area is 182 Å². The van der Waals surface area contributed by atoms with Crippen molar-refractivity contribution in [3.05, 3.63) is 50.1 Å². The van der Waals surface area contributed by atoms with E-state index in [4.69, 9.17) is 17.3 Å². The molecule has 1 aliphatic heterocycles. The van der Waals surface area contributed by atoms with E-state index in [1.165, 1.54) is 8.66 Å². The van der Waals surface area contributed by atoms with Gasteiger partial charge >= 0.3 is 0 Å². The van der Waals surface area contributed by atoms with Crippen molar-refractivity contribution in [1.82, 2.24) is 29.1 Å². The van der Waals surface area contributed by atoms with Crippen molar-refractivity contribution >= 4 is 39.5 Å². The zero-order valence-corrected chi connectivity index (χ0v) is 19.0. The van der Waals surface area contributed by atoms with Crippen molar-refractivity contribution < 1.29 is 0 Å². The average molecular weight is 479 g/mol. The fourth-order valence-electron chi connectivity index (χ4n) is 3.47. The summed E-state index contributed by atoms with van der Waals surface area (Å²) in [6.07, 6.45) is 3.59. The standard InChI is InChI=1S/C19H23BrN6S2/c1-2-25-18(15-5-7-21-8-6-15)22-26(19(25)27)14-24-11-9-23(10-12-24)13-16-3-4-17(20)28-16/h3-8H,2,9-14H2,1H3. The molecule has 4 rings (SSSR count). The molecule has 0 aromatic carbocycles. The summed E-state index contributed by atoms with van der Waals surface area (Å²) in [6, 6.07) is 8.30. The van der Waals surface area contributed by atoms with Gasteiger partial charge < -0.3 is 4.57 Å². The van der Waals surface area contributed by atoms with Gasteiger partial charge in [0.25, 0.3) is 0 Å². The van der Waals surface area contributed by atoms with Gasteiger partial charge in [0.1, 0.15) is 0 Å². The molecule has 1 aliphatic rings. The fraction of sp³-hybridized carbons (Fsp3) is 0.421. The number of rotatable bonds is 6. The lowest BCUT2D eigenvalue weighted by atomic mass is 10.2. The van der Waals surface area contributed by atoms with Gasteiger partial charge in [-0.2, -0.15) is 5.10 Å². The Morgan fingerprint density at radius 1 is 1.07 bits per heavy atom. The second-order valence-corrected chi connectivity index (χ2v) is 9.74. The van der Waals surface area contributed by atoms with Crippen LogP contribution in [0.4, 0.5) is 0 Å². The number of piperazine rings is 1. The first-order valence-corrected chi connectivity index (χ1v) is 11.4. The summed E-state index contributed by atoms with van der Waals surface area (Å²) in [4.78, 5) is 10.5. The largest absolute Gasteiger partial charge is 0.300 e. The van der Waals surface area contributed by atoms with Crippen LogP contribution >= 0.6 is 39.5 Å². The topological polar surface area (TPSA) is 42.1 Å². The van der Waals surface area contributed by atoms with E-state index in [0.717, 1.165) is 62.1 Å². The van der Waals surface area contributed by atoms with E-state index < -0.39 is 0 Å². The Kier molecular flexibility index (Phi) is 6.37. The summed E-state index contributed by atoms with van der Waals surface area (Å²) >= 11 is 11.1. The van der Waals surface area contributed by atoms with Gasteiger partial charge in [-0.3, -0.25) is 14.8 Å². The van der Waals surface area contributed by atoms with E-state index in [2.05, 4.69) is 54.3 Å². The van der Waals surface area contributed by atoms with Crippen LogP contribution in [0.5, 0.6) is 0 Å². The second kappa shape index (κ2) is 8.96. The molecule has 0 saturated carbocycles. The number of thiophene rings is 1. The molecule has 9 heteroatoms. The van der Waals surface area contributed by atoms with Crippen LogP contribution in [0.2, 0.25) is 0 Å². The number of nitrogens with zero attached hydrogens (tertiary/aromatic N) is 6. The van der Waals surface area contributed by atoms with Crippen molar-refractivity contribution in [3.63, 3.8) is 0 Å². The summed E-state index contributed by atoms with van der Waals surface area (Å²) in [7, 11) is 0. The van der Waals surface area contributed by atoms with Crippen molar-refractivity contribution in [2.24, 2.45) is 0 Å². The third-order valence-corrected chi connectivity index (χ3v) is 7.02. The van der Waals surface area contributed by atoms with Crippen molar-refractivity contribution in [2.45, 2.75) is 26.7 Å². The average Bonchev–Trinajstić information content (AvgIpc) is 3.27. The fourth-order valence-corrected chi connectivity index (χ4v) is 5.31. The molecule has 0 N–H and O–H groups in total. The zero-order chi connectivity index (χ0) is 19.5. The van der Waals surface area contributed by atoms with Gasteiger partial charge in [-0.15, -0.1) is 11.3 Å². The summed E-state index contributed by atoms with van der Waals surface area (Å²) < 4.78 is 6.03. The molecule has 148 valence electrons. The normalized spacial score (nSPS) is 15.9. The molecule has 1 saturated heterocycles. The molecule has 0 bridgehead atoms. The van der Waals surface area contributed by atoms with E-state index in [1.54, 1.807) is 12.4 Å². The summed E-state index contributed by atoms with van der Waals surface area (Å²) in [5, 5.41) is 4.82. The molecule has 0 unspecified atom stereocenters. The van der Waals surface area contributed by atoms with Crippen LogP contribution in [0, 0.1) is 4.77 Å². The van der Waals surface area contributed by atoms with E-state index in [0.29, 0.717) is 0 Å². The van der Waals surface area contributed by atoms with Gasteiger partial charge in [0.15, 0.2) is 10.6 Å². The zero-order valence-electron chi connectivity index (χ0n) is 15.8. The van der Waals surface area contributed by atoms with Gasteiger partial charge in [0.2, 0.25) is 0 Å². The Hall–Kier alpha value is -1.39. The van der Waals surface area contributed by atoms with Crippen LogP contribution in [-0.2, 0) is 19.8 Å². The Morgan fingerprint density at radius 2 is 1.79 bits per heavy atom. The maximum absolute atomic E-state index is 5.70. The molecule has 28 heavy (non-hydrogen) atoms. The molecule has 0 spiro atoms.